The number of non-ortho nitro benzene ring substituents is 1. The summed E-state index contributed by atoms with van der Waals surface area (Å²) in [5, 5.41) is 10.6. The van der Waals surface area contributed by atoms with E-state index < -0.39 is 4.92 Å². The van der Waals surface area contributed by atoms with E-state index in [1.54, 1.807) is 12.1 Å². The van der Waals surface area contributed by atoms with Gasteiger partial charge in [0.2, 0.25) is 5.91 Å². The Balaban J connectivity index is 2.79. The number of anilines is 1. The third-order valence-corrected chi connectivity index (χ3v) is 2.97. The molecule has 0 saturated heterocycles. The highest BCUT2D eigenvalue weighted by atomic mass is 35.5. The molecule has 5 nitrogen and oxygen atoms in total. The molecule has 0 aromatic heterocycles. The fourth-order valence-corrected chi connectivity index (χ4v) is 1.87. The van der Waals surface area contributed by atoms with Crippen LogP contribution in [0.4, 0.5) is 11.4 Å². The largest absolute Gasteiger partial charge is 0.311 e. The summed E-state index contributed by atoms with van der Waals surface area (Å²) in [6.45, 7) is 0.491. The van der Waals surface area contributed by atoms with Crippen LogP contribution in [0.2, 0.25) is 0 Å². The minimum atomic E-state index is -0.482. The Kier molecular flexibility index (Phi) is 6.54. The summed E-state index contributed by atoms with van der Waals surface area (Å²) in [5.74, 6) is 2.17. The summed E-state index contributed by atoms with van der Waals surface area (Å²) in [7, 11) is 0. The molecular formula is C14H15ClN2O3. The maximum absolute atomic E-state index is 11.8. The highest BCUT2D eigenvalue weighted by Crippen LogP contribution is 2.20. The Bertz CT molecular complexity index is 508. The Labute approximate surface area is 122 Å². The average Bonchev–Trinajstić information content (AvgIpc) is 2.47. The fraction of sp³-hybridized carbons (Fsp3) is 0.357. The highest BCUT2D eigenvalue weighted by Gasteiger charge is 2.15. The molecule has 0 N–H and O–H groups in total. The molecule has 0 bridgehead atoms. The van der Waals surface area contributed by atoms with Gasteiger partial charge < -0.3 is 4.90 Å². The minimum absolute atomic E-state index is 0.0145. The molecule has 0 spiro atoms. The molecule has 0 radical (unpaired) electrons. The number of alkyl halides is 1. The molecule has 1 aromatic carbocycles. The van der Waals surface area contributed by atoms with Crippen molar-refractivity contribution < 1.29 is 9.72 Å². The van der Waals surface area contributed by atoms with Gasteiger partial charge in [0.05, 0.1) is 4.92 Å². The van der Waals surface area contributed by atoms with Gasteiger partial charge in [-0.15, -0.1) is 23.9 Å². The summed E-state index contributed by atoms with van der Waals surface area (Å²) in [4.78, 5) is 23.5. The summed E-state index contributed by atoms with van der Waals surface area (Å²) < 4.78 is 0. The van der Waals surface area contributed by atoms with Crippen molar-refractivity contribution in [2.45, 2.75) is 19.3 Å². The molecule has 106 valence electrons. The van der Waals surface area contributed by atoms with Crippen molar-refractivity contribution in [3.8, 4) is 12.3 Å². The van der Waals surface area contributed by atoms with Crippen molar-refractivity contribution in [3.63, 3.8) is 0 Å². The van der Waals surface area contributed by atoms with Crippen LogP contribution in [-0.4, -0.2) is 23.3 Å². The molecule has 20 heavy (non-hydrogen) atoms. The fourth-order valence-electron chi connectivity index (χ4n) is 1.72. The lowest BCUT2D eigenvalue weighted by Crippen LogP contribution is -2.32. The Morgan fingerprint density at radius 3 is 2.50 bits per heavy atom. The number of amides is 1. The summed E-state index contributed by atoms with van der Waals surface area (Å²) in [6.07, 6.45) is 7.40. The van der Waals surface area contributed by atoms with Crippen LogP contribution in [0, 0.1) is 22.5 Å². The van der Waals surface area contributed by atoms with Crippen molar-refractivity contribution >= 4 is 28.9 Å². The number of carbonyl (C=O) groups is 1. The van der Waals surface area contributed by atoms with Crippen LogP contribution in [0.1, 0.15) is 19.3 Å². The van der Waals surface area contributed by atoms with Crippen LogP contribution in [0.3, 0.4) is 0 Å². The number of rotatable bonds is 7. The van der Waals surface area contributed by atoms with Gasteiger partial charge in [-0.25, -0.2) is 0 Å². The van der Waals surface area contributed by atoms with Crippen molar-refractivity contribution in [1.82, 2.24) is 0 Å². The minimum Gasteiger partial charge on any atom is -0.311 e. The van der Waals surface area contributed by atoms with Gasteiger partial charge in [-0.2, -0.15) is 0 Å². The number of nitro groups is 1. The van der Waals surface area contributed by atoms with Crippen LogP contribution in [0.5, 0.6) is 0 Å². The highest BCUT2D eigenvalue weighted by molar-refractivity contribution is 6.29. The molecule has 1 rings (SSSR count). The van der Waals surface area contributed by atoms with Crippen molar-refractivity contribution in [3.05, 3.63) is 34.4 Å². The maximum atomic E-state index is 11.8. The zero-order chi connectivity index (χ0) is 15.0. The first-order valence-corrected chi connectivity index (χ1v) is 6.68. The molecule has 0 aliphatic rings. The Hall–Kier alpha value is -2.06. The molecule has 0 saturated carbocycles. The second-order valence-corrected chi connectivity index (χ2v) is 4.38. The second-order valence-electron chi connectivity index (χ2n) is 4.11. The first-order valence-electron chi connectivity index (χ1n) is 6.14. The van der Waals surface area contributed by atoms with Gasteiger partial charge in [0.1, 0.15) is 5.88 Å². The number of nitrogens with zero attached hydrogens (tertiary/aromatic N) is 2. The van der Waals surface area contributed by atoms with E-state index in [-0.39, 0.29) is 17.5 Å². The lowest BCUT2D eigenvalue weighted by molar-refractivity contribution is -0.384. The van der Waals surface area contributed by atoms with E-state index in [0.29, 0.717) is 18.7 Å². The van der Waals surface area contributed by atoms with Crippen LogP contribution >= 0.6 is 11.6 Å². The van der Waals surface area contributed by atoms with E-state index in [9.17, 15) is 14.9 Å². The van der Waals surface area contributed by atoms with Crippen molar-refractivity contribution in [2.75, 3.05) is 17.3 Å². The number of carbonyl (C=O) groups excluding carboxylic acids is 1. The van der Waals surface area contributed by atoms with E-state index in [4.69, 9.17) is 18.0 Å². The van der Waals surface area contributed by atoms with Crippen molar-refractivity contribution in [2.24, 2.45) is 0 Å². The van der Waals surface area contributed by atoms with Crippen LogP contribution in [-0.2, 0) is 4.79 Å². The molecule has 0 aliphatic heterocycles. The summed E-state index contributed by atoms with van der Waals surface area (Å²) in [5.41, 5.74) is 0.585. The van der Waals surface area contributed by atoms with Gasteiger partial charge in [0.25, 0.3) is 5.69 Å². The third-order valence-electron chi connectivity index (χ3n) is 2.74. The van der Waals surface area contributed by atoms with Crippen LogP contribution < -0.4 is 4.90 Å². The normalized spacial score (nSPS) is 9.80. The summed E-state index contributed by atoms with van der Waals surface area (Å²) in [6, 6.07) is 5.82. The van der Waals surface area contributed by atoms with Gasteiger partial charge in [0.15, 0.2) is 0 Å². The van der Waals surface area contributed by atoms with Gasteiger partial charge in [-0.3, -0.25) is 14.9 Å². The molecule has 0 atom stereocenters. The first kappa shape index (κ1) is 16.0. The smallest absolute Gasteiger partial charge is 0.269 e. The van der Waals surface area contributed by atoms with E-state index in [1.807, 2.05) is 0 Å². The lowest BCUT2D eigenvalue weighted by atomic mass is 10.2. The Morgan fingerprint density at radius 1 is 1.35 bits per heavy atom. The van der Waals surface area contributed by atoms with Crippen LogP contribution in [0.25, 0.3) is 0 Å². The number of benzene rings is 1. The van der Waals surface area contributed by atoms with Gasteiger partial charge in [0, 0.05) is 30.8 Å². The number of hydrogen-bond acceptors (Lipinski definition) is 3. The lowest BCUT2D eigenvalue weighted by Gasteiger charge is -2.21. The molecule has 0 unspecified atom stereocenters. The van der Waals surface area contributed by atoms with E-state index in [2.05, 4.69) is 5.92 Å². The molecule has 0 heterocycles. The number of unbranched alkanes of at least 4 members (excludes halogenated alkanes) is 2. The van der Waals surface area contributed by atoms with Gasteiger partial charge in [-0.1, -0.05) is 0 Å². The molecule has 0 fully saturated rings. The molecule has 0 aliphatic carbocycles. The standard InChI is InChI=1S/C14H15ClN2O3/c1-2-3-4-5-10-16(14(18)11-15)12-6-8-13(9-7-12)17(19)20/h1,6-9H,3-5,10-11H2. The van der Waals surface area contributed by atoms with E-state index in [1.165, 1.54) is 17.0 Å². The maximum Gasteiger partial charge on any atom is 0.269 e. The first-order chi connectivity index (χ1) is 9.60. The number of terminal acetylenes is 1. The molecule has 1 aromatic rings. The number of hydrogen-bond donors (Lipinski definition) is 0. The molecule has 6 heteroatoms. The quantitative estimate of drug-likeness (QED) is 0.255. The summed E-state index contributed by atoms with van der Waals surface area (Å²) >= 11 is 5.59. The van der Waals surface area contributed by atoms with Crippen LogP contribution in [0.15, 0.2) is 24.3 Å². The second kappa shape index (κ2) is 8.18. The van der Waals surface area contributed by atoms with Crippen molar-refractivity contribution in [1.29, 1.82) is 0 Å². The Morgan fingerprint density at radius 2 is 2.00 bits per heavy atom. The van der Waals surface area contributed by atoms with E-state index >= 15 is 0 Å². The SMILES string of the molecule is C#CCCCCN(C(=O)CCl)c1ccc([N+](=O)[O-])cc1. The zero-order valence-corrected chi connectivity index (χ0v) is 11.7. The number of halogens is 1. The predicted molar refractivity (Wildman–Crippen MR) is 78.9 cm³/mol. The topological polar surface area (TPSA) is 63.5 Å². The molecular weight excluding hydrogens is 280 g/mol. The average molecular weight is 295 g/mol. The number of nitro benzene ring substituents is 1. The third kappa shape index (κ3) is 4.56. The predicted octanol–water partition coefficient (Wildman–Crippen LogP) is 2.97. The van der Waals surface area contributed by atoms with E-state index in [0.717, 1.165) is 12.8 Å². The van der Waals surface area contributed by atoms with Gasteiger partial charge >= 0.3 is 0 Å². The van der Waals surface area contributed by atoms with Gasteiger partial charge in [-0.05, 0) is 25.0 Å². The monoisotopic (exact) mass is 294 g/mol. The molecule has 1 amide bonds. The zero-order valence-electron chi connectivity index (χ0n) is 10.9.